The van der Waals surface area contributed by atoms with Crippen LogP contribution in [0, 0.1) is 10.6 Å². The molecule has 3 rings (SSSR count). The molecule has 2 N–H and O–H groups in total. The van der Waals surface area contributed by atoms with Crippen LogP contribution in [0.15, 0.2) is 40.9 Å². The Morgan fingerprint density at radius 2 is 2.11 bits per heavy atom. The summed E-state index contributed by atoms with van der Waals surface area (Å²) in [5.41, 5.74) is 4.93. The maximum atomic E-state index is 13.2. The van der Waals surface area contributed by atoms with Gasteiger partial charge in [0.2, 0.25) is 4.77 Å². The Labute approximate surface area is 181 Å². The summed E-state index contributed by atoms with van der Waals surface area (Å²) < 4.78 is 22.4. The van der Waals surface area contributed by atoms with E-state index in [0.717, 1.165) is 28.7 Å². The predicted molar refractivity (Wildman–Crippen MR) is 114 cm³/mol. The molecule has 28 heavy (non-hydrogen) atoms. The minimum Gasteiger partial charge on any atom is -0.488 e. The molecule has 0 radical (unpaired) electrons. The van der Waals surface area contributed by atoms with Crippen molar-refractivity contribution in [1.82, 2.24) is 14.9 Å². The summed E-state index contributed by atoms with van der Waals surface area (Å²) >= 11 is 14.9. The van der Waals surface area contributed by atoms with E-state index in [2.05, 4.69) is 38.5 Å². The Morgan fingerprint density at radius 3 is 2.86 bits per heavy atom. The highest BCUT2D eigenvalue weighted by Crippen LogP contribution is 2.26. The summed E-state index contributed by atoms with van der Waals surface area (Å²) in [4.78, 5) is 0. The lowest BCUT2D eigenvalue weighted by Gasteiger charge is -2.15. The highest BCUT2D eigenvalue weighted by Gasteiger charge is 2.10. The lowest BCUT2D eigenvalue weighted by molar-refractivity contribution is 0.303. The second-order valence-corrected chi connectivity index (χ2v) is 7.85. The van der Waals surface area contributed by atoms with Crippen LogP contribution in [0.1, 0.15) is 30.3 Å². The van der Waals surface area contributed by atoms with Gasteiger partial charge >= 0.3 is 0 Å². The van der Waals surface area contributed by atoms with E-state index in [1.807, 2.05) is 18.2 Å². The van der Waals surface area contributed by atoms with E-state index in [0.29, 0.717) is 27.7 Å². The number of benzene rings is 2. The van der Waals surface area contributed by atoms with Crippen molar-refractivity contribution in [2.75, 3.05) is 5.43 Å². The van der Waals surface area contributed by atoms with Gasteiger partial charge in [-0.25, -0.2) is 9.07 Å². The molecule has 0 bridgehead atoms. The molecule has 0 unspecified atom stereocenters. The van der Waals surface area contributed by atoms with E-state index >= 15 is 0 Å². The molecular weight excluding hydrogens is 467 g/mol. The van der Waals surface area contributed by atoms with Crippen molar-refractivity contribution in [2.45, 2.75) is 32.9 Å². The summed E-state index contributed by atoms with van der Waals surface area (Å²) in [5.74, 6) is 1.17. The zero-order chi connectivity index (χ0) is 20.1. The molecule has 0 saturated heterocycles. The molecule has 2 aromatic carbocycles. The van der Waals surface area contributed by atoms with Crippen LogP contribution in [0.3, 0.4) is 0 Å². The second-order valence-electron chi connectivity index (χ2n) is 6.14. The summed E-state index contributed by atoms with van der Waals surface area (Å²) in [6, 6.07) is 10.0. The molecule has 0 aliphatic rings. The van der Waals surface area contributed by atoms with Gasteiger partial charge in [-0.1, -0.05) is 40.5 Å². The van der Waals surface area contributed by atoms with Crippen LogP contribution >= 0.6 is 39.7 Å². The number of ether oxygens (including phenoxy) is 1. The smallest absolute Gasteiger partial charge is 0.214 e. The number of rotatable bonds is 8. The van der Waals surface area contributed by atoms with E-state index in [1.165, 1.54) is 12.1 Å². The molecule has 3 aromatic rings. The number of aromatic amines is 1. The lowest BCUT2D eigenvalue weighted by atomic mass is 10.2. The zero-order valence-corrected chi connectivity index (χ0v) is 18.3. The molecule has 0 spiro atoms. The molecule has 9 heteroatoms. The first kappa shape index (κ1) is 20.8. The first-order valence-electron chi connectivity index (χ1n) is 8.73. The Morgan fingerprint density at radius 1 is 1.29 bits per heavy atom. The Hall–Kier alpha value is -1.90. The topological polar surface area (TPSA) is 54.9 Å². The number of aryl methyl sites for hydroxylation is 1. The monoisotopic (exact) mass is 484 g/mol. The SMILES string of the molecule is CCCc1n[nH]c(=S)n1NCc1cc(Br)ccc1OCc1ccc(F)cc1Cl. The van der Waals surface area contributed by atoms with Crippen LogP contribution in [0.2, 0.25) is 5.02 Å². The standard InChI is InChI=1S/C19H19BrClFN4OS/c1-2-3-18-24-25-19(28)26(18)23-10-13-8-14(20)5-7-17(13)27-11-12-4-6-15(22)9-16(12)21/h4-9,23H,2-3,10-11H2,1H3,(H,25,28). The minimum absolute atomic E-state index is 0.236. The number of hydrogen-bond acceptors (Lipinski definition) is 4. The van der Waals surface area contributed by atoms with Crippen LogP contribution in [-0.4, -0.2) is 14.9 Å². The summed E-state index contributed by atoms with van der Waals surface area (Å²) in [6.07, 6.45) is 1.77. The van der Waals surface area contributed by atoms with E-state index in [-0.39, 0.29) is 12.4 Å². The van der Waals surface area contributed by atoms with Gasteiger partial charge in [-0.15, -0.1) is 0 Å². The van der Waals surface area contributed by atoms with Gasteiger partial charge in [0.25, 0.3) is 0 Å². The summed E-state index contributed by atoms with van der Waals surface area (Å²) in [5, 5.41) is 7.40. The average Bonchev–Trinajstić information content (AvgIpc) is 3.00. The maximum Gasteiger partial charge on any atom is 0.214 e. The predicted octanol–water partition coefficient (Wildman–Crippen LogP) is 5.77. The second kappa shape index (κ2) is 9.54. The van der Waals surface area contributed by atoms with Gasteiger partial charge in [0, 0.05) is 22.0 Å². The first-order chi connectivity index (χ1) is 13.5. The lowest BCUT2D eigenvalue weighted by Crippen LogP contribution is -2.18. The Balaban J connectivity index is 1.76. The summed E-state index contributed by atoms with van der Waals surface area (Å²) in [6.45, 7) is 2.80. The van der Waals surface area contributed by atoms with Crippen LogP contribution in [0.5, 0.6) is 5.75 Å². The Kier molecular flexibility index (Phi) is 7.09. The van der Waals surface area contributed by atoms with Gasteiger partial charge in [0.15, 0.2) is 5.82 Å². The molecule has 0 atom stereocenters. The van der Waals surface area contributed by atoms with E-state index in [1.54, 1.807) is 10.7 Å². The molecule has 0 amide bonds. The van der Waals surface area contributed by atoms with Gasteiger partial charge in [0.05, 0.1) is 11.6 Å². The molecular formula is C19H19BrClFN4OS. The number of aromatic nitrogens is 3. The van der Waals surface area contributed by atoms with Gasteiger partial charge in [0.1, 0.15) is 18.2 Å². The van der Waals surface area contributed by atoms with Gasteiger partial charge in [-0.3, -0.25) is 5.10 Å². The molecule has 0 aliphatic heterocycles. The van der Waals surface area contributed by atoms with Crippen molar-refractivity contribution in [3.63, 3.8) is 0 Å². The highest BCUT2D eigenvalue weighted by atomic mass is 79.9. The van der Waals surface area contributed by atoms with Crippen molar-refractivity contribution in [3.05, 3.63) is 73.4 Å². The Bertz CT molecular complexity index is 1020. The normalized spacial score (nSPS) is 10.9. The molecule has 1 aromatic heterocycles. The zero-order valence-electron chi connectivity index (χ0n) is 15.1. The van der Waals surface area contributed by atoms with Crippen molar-refractivity contribution < 1.29 is 9.13 Å². The largest absolute Gasteiger partial charge is 0.488 e. The highest BCUT2D eigenvalue weighted by molar-refractivity contribution is 9.10. The molecule has 0 saturated carbocycles. The van der Waals surface area contributed by atoms with Crippen LogP contribution < -0.4 is 10.2 Å². The van der Waals surface area contributed by atoms with Crippen molar-refractivity contribution in [2.24, 2.45) is 0 Å². The third-order valence-corrected chi connectivity index (χ3v) is 5.18. The fourth-order valence-corrected chi connectivity index (χ4v) is 3.52. The fourth-order valence-electron chi connectivity index (χ4n) is 2.67. The molecule has 1 heterocycles. The number of nitrogens with zero attached hydrogens (tertiary/aromatic N) is 2. The van der Waals surface area contributed by atoms with Gasteiger partial charge < -0.3 is 10.2 Å². The fraction of sp³-hybridized carbons (Fsp3) is 0.263. The van der Waals surface area contributed by atoms with Crippen molar-refractivity contribution >= 4 is 39.7 Å². The average molecular weight is 486 g/mol. The van der Waals surface area contributed by atoms with Crippen molar-refractivity contribution in [3.8, 4) is 5.75 Å². The third kappa shape index (κ3) is 5.12. The van der Waals surface area contributed by atoms with Gasteiger partial charge in [-0.05, 0) is 49.0 Å². The van der Waals surface area contributed by atoms with Crippen molar-refractivity contribution in [1.29, 1.82) is 0 Å². The maximum absolute atomic E-state index is 13.2. The quantitative estimate of drug-likeness (QED) is 0.398. The van der Waals surface area contributed by atoms with Crippen LogP contribution in [0.4, 0.5) is 4.39 Å². The minimum atomic E-state index is -0.373. The molecule has 148 valence electrons. The number of nitrogens with one attached hydrogen (secondary N) is 2. The van der Waals surface area contributed by atoms with Crippen LogP contribution in [-0.2, 0) is 19.6 Å². The van der Waals surface area contributed by atoms with E-state index in [4.69, 9.17) is 28.6 Å². The molecule has 0 aliphatic carbocycles. The first-order valence-corrected chi connectivity index (χ1v) is 10.3. The number of hydrogen-bond donors (Lipinski definition) is 2. The molecule has 5 nitrogen and oxygen atoms in total. The van der Waals surface area contributed by atoms with Crippen LogP contribution in [0.25, 0.3) is 0 Å². The van der Waals surface area contributed by atoms with E-state index < -0.39 is 0 Å². The summed E-state index contributed by atoms with van der Waals surface area (Å²) in [7, 11) is 0. The van der Waals surface area contributed by atoms with E-state index in [9.17, 15) is 4.39 Å². The number of halogens is 3. The third-order valence-electron chi connectivity index (χ3n) is 4.06. The van der Waals surface area contributed by atoms with Gasteiger partial charge in [-0.2, -0.15) is 5.10 Å². The molecule has 0 fully saturated rings. The number of H-pyrrole nitrogens is 1.